The molecule has 6 heteroatoms. The molecule has 0 aliphatic heterocycles. The summed E-state index contributed by atoms with van der Waals surface area (Å²) in [5.74, 6) is 0.439. The quantitative estimate of drug-likeness (QED) is 0.905. The van der Waals surface area contributed by atoms with Crippen LogP contribution in [-0.2, 0) is 4.79 Å². The van der Waals surface area contributed by atoms with Gasteiger partial charge in [-0.3, -0.25) is 4.79 Å². The number of carboxylic acids is 1. The maximum absolute atomic E-state index is 10.8. The zero-order valence-corrected chi connectivity index (χ0v) is 11.5. The van der Waals surface area contributed by atoms with Gasteiger partial charge in [-0.15, -0.1) is 5.10 Å². The molecule has 1 aliphatic carbocycles. The average Bonchev–Trinajstić information content (AvgIpc) is 2.76. The lowest BCUT2D eigenvalue weighted by Crippen LogP contribution is -2.17. The van der Waals surface area contributed by atoms with E-state index in [1.807, 2.05) is 6.92 Å². The molecule has 1 atom stereocenters. The van der Waals surface area contributed by atoms with Crippen LogP contribution in [0.25, 0.3) is 0 Å². The van der Waals surface area contributed by atoms with Crippen molar-refractivity contribution in [2.45, 2.75) is 70.3 Å². The molecular weight excluding hydrogens is 244 g/mol. The van der Waals surface area contributed by atoms with Gasteiger partial charge in [0.05, 0.1) is 12.5 Å². The molecule has 1 heterocycles. The van der Waals surface area contributed by atoms with Crippen LogP contribution >= 0.6 is 0 Å². The van der Waals surface area contributed by atoms with Crippen molar-refractivity contribution in [2.75, 3.05) is 0 Å². The van der Waals surface area contributed by atoms with Crippen molar-refractivity contribution >= 4 is 5.97 Å². The van der Waals surface area contributed by atoms with Gasteiger partial charge in [0.2, 0.25) is 0 Å². The van der Waals surface area contributed by atoms with Gasteiger partial charge in [0, 0.05) is 5.92 Å². The second-order valence-corrected chi connectivity index (χ2v) is 5.47. The van der Waals surface area contributed by atoms with Crippen LogP contribution in [0.2, 0.25) is 0 Å². The number of aromatic nitrogens is 4. The Kier molecular flexibility index (Phi) is 4.87. The van der Waals surface area contributed by atoms with Crippen LogP contribution in [0.4, 0.5) is 0 Å². The molecule has 0 saturated heterocycles. The number of tetrazole rings is 1. The summed E-state index contributed by atoms with van der Waals surface area (Å²) in [7, 11) is 0. The summed E-state index contributed by atoms with van der Waals surface area (Å²) < 4.78 is 1.71. The highest BCUT2D eigenvalue weighted by Gasteiger charge is 2.23. The first-order valence-corrected chi connectivity index (χ1v) is 7.18. The van der Waals surface area contributed by atoms with E-state index >= 15 is 0 Å². The van der Waals surface area contributed by atoms with Gasteiger partial charge in [-0.1, -0.05) is 32.1 Å². The molecule has 0 amide bonds. The van der Waals surface area contributed by atoms with Gasteiger partial charge in [-0.2, -0.15) is 0 Å². The maximum atomic E-state index is 10.8. The van der Waals surface area contributed by atoms with Gasteiger partial charge in [-0.25, -0.2) is 4.68 Å². The Balaban J connectivity index is 2.10. The normalized spacial score (nSPS) is 19.6. The van der Waals surface area contributed by atoms with Crippen LogP contribution < -0.4 is 0 Å². The van der Waals surface area contributed by atoms with Crippen LogP contribution in [0.5, 0.6) is 0 Å². The number of aliphatic carboxylic acids is 1. The van der Waals surface area contributed by atoms with E-state index in [-0.39, 0.29) is 12.5 Å². The highest BCUT2D eigenvalue weighted by Crippen LogP contribution is 2.30. The van der Waals surface area contributed by atoms with Crippen molar-refractivity contribution in [1.82, 2.24) is 20.2 Å². The molecule has 0 aromatic carbocycles. The van der Waals surface area contributed by atoms with E-state index in [0.29, 0.717) is 5.92 Å². The first-order chi connectivity index (χ1) is 9.18. The summed E-state index contributed by atoms with van der Waals surface area (Å²) in [6.07, 6.45) is 8.60. The first-order valence-electron chi connectivity index (χ1n) is 7.18. The standard InChI is InChI=1S/C13H22N4O2/c1-10(9-12(18)19)17-13(14-15-16-17)11-7-5-3-2-4-6-8-11/h10-11H,2-9H2,1H3,(H,18,19). The Labute approximate surface area is 113 Å². The van der Waals surface area contributed by atoms with Crippen molar-refractivity contribution in [3.8, 4) is 0 Å². The Morgan fingerprint density at radius 2 is 1.95 bits per heavy atom. The lowest BCUT2D eigenvalue weighted by atomic mass is 9.90. The fraction of sp³-hybridized carbons (Fsp3) is 0.846. The predicted octanol–water partition coefficient (Wildman–Crippen LogP) is 2.54. The smallest absolute Gasteiger partial charge is 0.305 e. The summed E-state index contributed by atoms with van der Waals surface area (Å²) in [6.45, 7) is 1.86. The number of carbonyl (C=O) groups is 1. The molecule has 1 saturated carbocycles. The van der Waals surface area contributed by atoms with Crippen molar-refractivity contribution in [2.24, 2.45) is 0 Å². The Hall–Kier alpha value is -1.46. The SMILES string of the molecule is CC(CC(=O)O)n1nnnc1C1CCCCCCC1. The molecule has 0 bridgehead atoms. The van der Waals surface area contributed by atoms with Crippen molar-refractivity contribution < 1.29 is 9.90 Å². The van der Waals surface area contributed by atoms with Crippen LogP contribution in [0.15, 0.2) is 0 Å². The fourth-order valence-electron chi connectivity index (χ4n) is 2.84. The highest BCUT2D eigenvalue weighted by molar-refractivity contribution is 5.67. The van der Waals surface area contributed by atoms with Crippen LogP contribution in [0.3, 0.4) is 0 Å². The molecule has 1 aliphatic rings. The molecule has 2 rings (SSSR count). The Bertz CT molecular complexity index is 411. The Morgan fingerprint density at radius 1 is 1.32 bits per heavy atom. The van der Waals surface area contributed by atoms with Crippen molar-refractivity contribution in [3.63, 3.8) is 0 Å². The maximum Gasteiger partial charge on any atom is 0.305 e. The summed E-state index contributed by atoms with van der Waals surface area (Å²) in [6, 6.07) is -0.187. The van der Waals surface area contributed by atoms with E-state index in [1.54, 1.807) is 4.68 Å². The number of hydrogen-bond donors (Lipinski definition) is 1. The largest absolute Gasteiger partial charge is 0.481 e. The molecule has 1 aromatic heterocycles. The lowest BCUT2D eigenvalue weighted by Gasteiger charge is -2.20. The molecule has 0 spiro atoms. The number of hydrogen-bond acceptors (Lipinski definition) is 4. The van der Waals surface area contributed by atoms with Gasteiger partial charge < -0.3 is 5.11 Å². The molecule has 106 valence electrons. The summed E-state index contributed by atoms with van der Waals surface area (Å²) in [5, 5.41) is 20.8. The van der Waals surface area contributed by atoms with E-state index in [2.05, 4.69) is 15.5 Å². The third-order valence-corrected chi connectivity index (χ3v) is 3.88. The minimum absolute atomic E-state index is 0.0603. The predicted molar refractivity (Wildman–Crippen MR) is 69.8 cm³/mol. The van der Waals surface area contributed by atoms with Gasteiger partial charge in [-0.05, 0) is 30.2 Å². The topological polar surface area (TPSA) is 80.9 Å². The molecule has 0 radical (unpaired) electrons. The van der Waals surface area contributed by atoms with E-state index in [1.165, 1.54) is 32.1 Å². The number of carboxylic acid groups (broad SMARTS) is 1. The van der Waals surface area contributed by atoms with E-state index in [9.17, 15) is 4.79 Å². The van der Waals surface area contributed by atoms with E-state index in [0.717, 1.165) is 18.7 Å². The molecule has 1 N–H and O–H groups in total. The number of nitrogens with zero attached hydrogens (tertiary/aromatic N) is 4. The molecule has 6 nitrogen and oxygen atoms in total. The van der Waals surface area contributed by atoms with Crippen LogP contribution in [0.1, 0.15) is 76.1 Å². The summed E-state index contributed by atoms with van der Waals surface area (Å²) in [4.78, 5) is 10.8. The number of rotatable bonds is 4. The third kappa shape index (κ3) is 3.75. The Morgan fingerprint density at radius 3 is 2.58 bits per heavy atom. The van der Waals surface area contributed by atoms with E-state index in [4.69, 9.17) is 5.11 Å². The second kappa shape index (κ2) is 6.63. The van der Waals surface area contributed by atoms with E-state index < -0.39 is 5.97 Å². The monoisotopic (exact) mass is 266 g/mol. The zero-order valence-electron chi connectivity index (χ0n) is 11.5. The van der Waals surface area contributed by atoms with Gasteiger partial charge in [0.15, 0.2) is 5.82 Å². The molecule has 19 heavy (non-hydrogen) atoms. The van der Waals surface area contributed by atoms with Crippen LogP contribution in [-0.4, -0.2) is 31.3 Å². The highest BCUT2D eigenvalue weighted by atomic mass is 16.4. The average molecular weight is 266 g/mol. The fourth-order valence-corrected chi connectivity index (χ4v) is 2.84. The molecule has 1 fully saturated rings. The molecule has 1 unspecified atom stereocenters. The van der Waals surface area contributed by atoms with Crippen LogP contribution in [0, 0.1) is 0 Å². The molecular formula is C13H22N4O2. The second-order valence-electron chi connectivity index (χ2n) is 5.47. The summed E-state index contributed by atoms with van der Waals surface area (Å²) >= 11 is 0. The van der Waals surface area contributed by atoms with Gasteiger partial charge in [0.25, 0.3) is 0 Å². The minimum atomic E-state index is -0.813. The third-order valence-electron chi connectivity index (χ3n) is 3.88. The van der Waals surface area contributed by atoms with Gasteiger partial charge >= 0.3 is 5.97 Å². The molecule has 1 aromatic rings. The minimum Gasteiger partial charge on any atom is -0.481 e. The summed E-state index contributed by atoms with van der Waals surface area (Å²) in [5.41, 5.74) is 0. The first kappa shape index (κ1) is 14.0. The van der Waals surface area contributed by atoms with Gasteiger partial charge in [0.1, 0.15) is 0 Å². The van der Waals surface area contributed by atoms with Crippen molar-refractivity contribution in [1.29, 1.82) is 0 Å². The van der Waals surface area contributed by atoms with Crippen molar-refractivity contribution in [3.05, 3.63) is 5.82 Å². The zero-order chi connectivity index (χ0) is 13.7. The lowest BCUT2D eigenvalue weighted by molar-refractivity contribution is -0.137.